The zero-order valence-electron chi connectivity index (χ0n) is 17.2. The number of nitrogens with zero attached hydrogens (tertiary/aromatic N) is 1. The van der Waals surface area contributed by atoms with Gasteiger partial charge in [-0.15, -0.1) is 0 Å². The van der Waals surface area contributed by atoms with Crippen LogP contribution in [-0.2, 0) is 27.7 Å². The lowest BCUT2D eigenvalue weighted by molar-refractivity contribution is -0.120. The van der Waals surface area contributed by atoms with Crippen LogP contribution in [-0.4, -0.2) is 33.4 Å². The number of hydrogen-bond acceptors (Lipinski definition) is 5. The van der Waals surface area contributed by atoms with E-state index < -0.39 is 10.0 Å². The third-order valence-corrected chi connectivity index (χ3v) is 7.37. The predicted octanol–water partition coefficient (Wildman–Crippen LogP) is 2.94. The Hall–Kier alpha value is -2.74. The molecule has 1 heterocycles. The number of ether oxygens (including phenoxy) is 2. The Morgan fingerprint density at radius 2 is 1.87 bits per heavy atom. The van der Waals surface area contributed by atoms with Crippen molar-refractivity contribution in [2.45, 2.75) is 39.2 Å². The molecule has 2 aromatic carbocycles. The number of carbonyl (C=O) groups excluding carboxylic acids is 1. The Morgan fingerprint density at radius 1 is 1.10 bits per heavy atom. The van der Waals surface area contributed by atoms with E-state index in [0.29, 0.717) is 17.2 Å². The number of aryl methyl sites for hydroxylation is 2. The molecular formula is C22H26N2O5S. The molecule has 1 unspecified atom stereocenters. The smallest absolute Gasteiger partial charge is 0.241 e. The molecule has 7 nitrogen and oxygen atoms in total. The van der Waals surface area contributed by atoms with Crippen molar-refractivity contribution in [1.29, 1.82) is 0 Å². The molecule has 0 saturated heterocycles. The molecule has 1 N–H and O–H groups in total. The third-order valence-electron chi connectivity index (χ3n) is 5.63. The number of benzene rings is 2. The quantitative estimate of drug-likeness (QED) is 0.730. The number of sulfonamides is 1. The van der Waals surface area contributed by atoms with Crippen molar-refractivity contribution < 1.29 is 22.7 Å². The number of anilines is 1. The Bertz CT molecular complexity index is 1070. The summed E-state index contributed by atoms with van der Waals surface area (Å²) in [6.07, 6.45) is 3.34. The number of carbonyl (C=O) groups is 1. The van der Waals surface area contributed by atoms with Crippen LogP contribution >= 0.6 is 0 Å². The summed E-state index contributed by atoms with van der Waals surface area (Å²) in [6.45, 7) is 3.26. The van der Waals surface area contributed by atoms with Crippen molar-refractivity contribution in [3.05, 3.63) is 53.1 Å². The van der Waals surface area contributed by atoms with Crippen LogP contribution in [0, 0.1) is 0 Å². The first-order valence-corrected chi connectivity index (χ1v) is 11.8. The van der Waals surface area contributed by atoms with E-state index in [9.17, 15) is 13.2 Å². The van der Waals surface area contributed by atoms with Crippen molar-refractivity contribution in [3.63, 3.8) is 0 Å². The summed E-state index contributed by atoms with van der Waals surface area (Å²) < 4.78 is 37.2. The molecule has 0 saturated carbocycles. The van der Waals surface area contributed by atoms with Crippen molar-refractivity contribution in [3.8, 4) is 11.5 Å². The third kappa shape index (κ3) is 4.09. The van der Waals surface area contributed by atoms with Gasteiger partial charge < -0.3 is 14.8 Å². The molecular weight excluding hydrogens is 404 g/mol. The average molecular weight is 431 g/mol. The van der Waals surface area contributed by atoms with Gasteiger partial charge in [-0.25, -0.2) is 8.42 Å². The van der Waals surface area contributed by atoms with Crippen molar-refractivity contribution in [2.75, 3.05) is 23.4 Å². The van der Waals surface area contributed by atoms with Gasteiger partial charge in [0.25, 0.3) is 0 Å². The van der Waals surface area contributed by atoms with Crippen LogP contribution in [0.15, 0.2) is 36.4 Å². The number of nitrogens with one attached hydrogen (secondary N) is 1. The van der Waals surface area contributed by atoms with E-state index >= 15 is 0 Å². The minimum absolute atomic E-state index is 0.0953. The maximum Gasteiger partial charge on any atom is 0.241 e. The largest absolute Gasteiger partial charge is 0.454 e. The lowest BCUT2D eigenvalue weighted by Gasteiger charge is -2.24. The SMILES string of the molecule is CCS(=O)(=O)N(CC(=O)NC(C)c1ccc2c(c1)CCC2)c1ccc2c(c1)OCO2. The van der Waals surface area contributed by atoms with Gasteiger partial charge in [0.1, 0.15) is 6.54 Å². The highest BCUT2D eigenvalue weighted by Crippen LogP contribution is 2.36. The molecule has 8 heteroatoms. The number of fused-ring (bicyclic) bond motifs is 2. The van der Waals surface area contributed by atoms with Crippen molar-refractivity contribution in [1.82, 2.24) is 5.32 Å². The minimum atomic E-state index is -3.66. The molecule has 0 fully saturated rings. The summed E-state index contributed by atoms with van der Waals surface area (Å²) in [5, 5.41) is 2.94. The van der Waals surface area contributed by atoms with Gasteiger partial charge in [-0.05, 0) is 61.9 Å². The van der Waals surface area contributed by atoms with Crippen molar-refractivity contribution in [2.24, 2.45) is 0 Å². The van der Waals surface area contributed by atoms with E-state index in [-0.39, 0.29) is 31.0 Å². The fraction of sp³-hybridized carbons (Fsp3) is 0.409. The van der Waals surface area contributed by atoms with Gasteiger partial charge in [0.2, 0.25) is 22.7 Å². The van der Waals surface area contributed by atoms with Gasteiger partial charge in [-0.1, -0.05) is 18.2 Å². The molecule has 1 atom stereocenters. The van der Waals surface area contributed by atoms with E-state index in [0.717, 1.165) is 22.7 Å². The maximum atomic E-state index is 12.8. The fourth-order valence-electron chi connectivity index (χ4n) is 3.91. The van der Waals surface area contributed by atoms with E-state index in [1.165, 1.54) is 17.5 Å². The lowest BCUT2D eigenvalue weighted by Crippen LogP contribution is -2.42. The molecule has 0 spiro atoms. The summed E-state index contributed by atoms with van der Waals surface area (Å²) in [7, 11) is -3.66. The summed E-state index contributed by atoms with van der Waals surface area (Å²) in [5.74, 6) is 0.547. The second-order valence-corrected chi connectivity index (χ2v) is 9.80. The molecule has 0 bridgehead atoms. The average Bonchev–Trinajstić information content (AvgIpc) is 3.39. The van der Waals surface area contributed by atoms with E-state index in [4.69, 9.17) is 9.47 Å². The normalized spacial score (nSPS) is 15.5. The van der Waals surface area contributed by atoms with Gasteiger partial charge in [0.15, 0.2) is 11.5 Å². The predicted molar refractivity (Wildman–Crippen MR) is 114 cm³/mol. The first kappa shape index (κ1) is 20.5. The van der Waals surface area contributed by atoms with Crippen LogP contribution in [0.2, 0.25) is 0 Å². The number of hydrogen-bond donors (Lipinski definition) is 1. The molecule has 1 aliphatic heterocycles. The Kier molecular flexibility index (Phi) is 5.60. The van der Waals surface area contributed by atoms with E-state index in [1.807, 2.05) is 13.0 Å². The highest BCUT2D eigenvalue weighted by molar-refractivity contribution is 7.92. The van der Waals surface area contributed by atoms with E-state index in [1.54, 1.807) is 25.1 Å². The number of rotatable bonds is 7. The Labute approximate surface area is 177 Å². The second kappa shape index (κ2) is 8.18. The molecule has 1 amide bonds. The minimum Gasteiger partial charge on any atom is -0.454 e. The fourth-order valence-corrected chi connectivity index (χ4v) is 4.97. The zero-order chi connectivity index (χ0) is 21.3. The van der Waals surface area contributed by atoms with E-state index in [2.05, 4.69) is 17.4 Å². The monoisotopic (exact) mass is 430 g/mol. The molecule has 2 aliphatic rings. The lowest BCUT2D eigenvalue weighted by atomic mass is 10.0. The molecule has 0 aromatic heterocycles. The van der Waals surface area contributed by atoms with Crippen LogP contribution in [0.25, 0.3) is 0 Å². The molecule has 4 rings (SSSR count). The van der Waals surface area contributed by atoms with Gasteiger partial charge in [-0.2, -0.15) is 0 Å². The Balaban J connectivity index is 1.50. The maximum absolute atomic E-state index is 12.8. The van der Waals surface area contributed by atoms with Gasteiger partial charge >= 0.3 is 0 Å². The highest BCUT2D eigenvalue weighted by Gasteiger charge is 2.26. The molecule has 2 aromatic rings. The highest BCUT2D eigenvalue weighted by atomic mass is 32.2. The van der Waals surface area contributed by atoms with Gasteiger partial charge in [0, 0.05) is 6.07 Å². The molecule has 0 radical (unpaired) electrons. The van der Waals surface area contributed by atoms with Crippen LogP contribution in [0.1, 0.15) is 43.0 Å². The summed E-state index contributed by atoms with van der Waals surface area (Å²) in [5.41, 5.74) is 4.11. The number of amides is 1. The van der Waals surface area contributed by atoms with Crippen LogP contribution in [0.4, 0.5) is 5.69 Å². The first-order chi connectivity index (χ1) is 14.4. The summed E-state index contributed by atoms with van der Waals surface area (Å²) in [6, 6.07) is 11.0. The zero-order valence-corrected chi connectivity index (χ0v) is 18.0. The van der Waals surface area contributed by atoms with Crippen LogP contribution < -0.4 is 19.1 Å². The van der Waals surface area contributed by atoms with Crippen molar-refractivity contribution >= 4 is 21.6 Å². The Morgan fingerprint density at radius 3 is 2.67 bits per heavy atom. The summed E-state index contributed by atoms with van der Waals surface area (Å²) >= 11 is 0. The molecule has 160 valence electrons. The second-order valence-electron chi connectivity index (χ2n) is 7.62. The molecule has 30 heavy (non-hydrogen) atoms. The standard InChI is InChI=1S/C22H26N2O5S/c1-3-30(26,27)24(19-9-10-20-21(12-19)29-14-28-20)13-22(25)23-15(2)17-8-7-16-5-4-6-18(16)11-17/h7-12,15H,3-6,13-14H2,1-2H3,(H,23,25). The van der Waals surface area contributed by atoms with Gasteiger partial charge in [0.05, 0.1) is 17.5 Å². The summed E-state index contributed by atoms with van der Waals surface area (Å²) in [4.78, 5) is 12.8. The molecule has 1 aliphatic carbocycles. The van der Waals surface area contributed by atoms with Crippen LogP contribution in [0.5, 0.6) is 11.5 Å². The van der Waals surface area contributed by atoms with Gasteiger partial charge in [-0.3, -0.25) is 9.10 Å². The first-order valence-electron chi connectivity index (χ1n) is 10.2. The van der Waals surface area contributed by atoms with Crippen LogP contribution in [0.3, 0.4) is 0 Å². The topological polar surface area (TPSA) is 84.9 Å².